The molecule has 0 amide bonds. The molecule has 1 aromatic heterocycles. The van der Waals surface area contributed by atoms with E-state index in [1.807, 2.05) is 13.8 Å². The van der Waals surface area contributed by atoms with Crippen LogP contribution >= 0.6 is 23.2 Å². The zero-order chi connectivity index (χ0) is 19.7. The minimum absolute atomic E-state index is 0.0159. The molecule has 6 nitrogen and oxygen atoms in total. The Kier molecular flexibility index (Phi) is 5.30. The van der Waals surface area contributed by atoms with Crippen molar-refractivity contribution in [2.24, 2.45) is 0 Å². The van der Waals surface area contributed by atoms with Crippen LogP contribution in [0.3, 0.4) is 0 Å². The molecule has 0 saturated heterocycles. The predicted molar refractivity (Wildman–Crippen MR) is 108 cm³/mol. The minimum Gasteiger partial charge on any atom is -0.305 e. The largest absolute Gasteiger partial charge is 0.305 e. The smallest absolute Gasteiger partial charge is 0.273 e. The van der Waals surface area contributed by atoms with Crippen LogP contribution in [0.2, 0.25) is 5.02 Å². The summed E-state index contributed by atoms with van der Waals surface area (Å²) in [5.74, 6) is 0.175. The summed E-state index contributed by atoms with van der Waals surface area (Å²) in [7, 11) is 0. The third-order valence-electron chi connectivity index (χ3n) is 4.06. The van der Waals surface area contributed by atoms with E-state index in [-0.39, 0.29) is 28.0 Å². The van der Waals surface area contributed by atoms with Crippen LogP contribution < -0.4 is 5.56 Å². The topological polar surface area (TPSA) is 88.9 Å². The first-order chi connectivity index (χ1) is 12.8. The first-order valence-corrected chi connectivity index (χ1v) is 8.87. The molecule has 0 atom stereocenters. The van der Waals surface area contributed by atoms with Gasteiger partial charge in [0.25, 0.3) is 11.2 Å². The SMILES string of the molecule is CC(C)c1ccc(/C=C(\Cl)c2nc3cc(Cl)ccc3c(=O)[nH]2)cc1[N+](=O)[O-]. The third-order valence-corrected chi connectivity index (χ3v) is 4.58. The molecule has 1 heterocycles. The fourth-order valence-electron chi connectivity index (χ4n) is 2.74. The summed E-state index contributed by atoms with van der Waals surface area (Å²) in [6.45, 7) is 3.78. The minimum atomic E-state index is -0.418. The van der Waals surface area contributed by atoms with Gasteiger partial charge < -0.3 is 4.98 Å². The molecule has 0 fully saturated rings. The second kappa shape index (κ2) is 7.50. The van der Waals surface area contributed by atoms with Crippen molar-refractivity contribution in [3.05, 3.63) is 78.8 Å². The molecule has 0 unspecified atom stereocenters. The summed E-state index contributed by atoms with van der Waals surface area (Å²) in [5.41, 5.74) is 1.26. The lowest BCUT2D eigenvalue weighted by molar-refractivity contribution is -0.385. The molecule has 138 valence electrons. The summed E-state index contributed by atoms with van der Waals surface area (Å²) in [6.07, 6.45) is 1.52. The van der Waals surface area contributed by atoms with E-state index in [4.69, 9.17) is 23.2 Å². The van der Waals surface area contributed by atoms with E-state index in [1.165, 1.54) is 12.1 Å². The molecule has 8 heteroatoms. The van der Waals surface area contributed by atoms with Crippen molar-refractivity contribution < 1.29 is 4.92 Å². The summed E-state index contributed by atoms with van der Waals surface area (Å²) in [5, 5.41) is 12.3. The van der Waals surface area contributed by atoms with Gasteiger partial charge in [-0.2, -0.15) is 0 Å². The highest BCUT2D eigenvalue weighted by Crippen LogP contribution is 2.29. The number of H-pyrrole nitrogens is 1. The molecule has 27 heavy (non-hydrogen) atoms. The Labute approximate surface area is 164 Å². The lowest BCUT2D eigenvalue weighted by Gasteiger charge is -2.07. The second-order valence-electron chi connectivity index (χ2n) is 6.30. The van der Waals surface area contributed by atoms with Gasteiger partial charge in [0.1, 0.15) is 0 Å². The standard InChI is InChI=1S/C19H15Cl2N3O3/c1-10(2)13-5-3-11(8-17(13)24(26)27)7-15(21)18-22-16-9-12(20)4-6-14(16)19(25)23-18/h3-10H,1-2H3,(H,22,23,25)/b15-7-. The molecule has 0 aliphatic carbocycles. The van der Waals surface area contributed by atoms with E-state index in [0.717, 1.165) is 0 Å². The number of benzene rings is 2. The molecule has 0 aliphatic heterocycles. The Bertz CT molecular complexity index is 1140. The van der Waals surface area contributed by atoms with E-state index in [2.05, 4.69) is 9.97 Å². The molecule has 1 N–H and O–H groups in total. The zero-order valence-electron chi connectivity index (χ0n) is 14.5. The van der Waals surface area contributed by atoms with Crippen molar-refractivity contribution >= 4 is 50.9 Å². The number of hydrogen-bond donors (Lipinski definition) is 1. The molecular weight excluding hydrogens is 389 g/mol. The Balaban J connectivity index is 2.08. The van der Waals surface area contributed by atoms with E-state index in [0.29, 0.717) is 27.1 Å². The van der Waals surface area contributed by atoms with Crippen LogP contribution in [-0.2, 0) is 0 Å². The van der Waals surface area contributed by atoms with E-state index in [1.54, 1.807) is 30.3 Å². The number of rotatable bonds is 4. The third kappa shape index (κ3) is 4.02. The Morgan fingerprint density at radius 3 is 2.67 bits per heavy atom. The van der Waals surface area contributed by atoms with Crippen molar-refractivity contribution in [3.8, 4) is 0 Å². The number of halogens is 2. The average molecular weight is 404 g/mol. The van der Waals surface area contributed by atoms with Gasteiger partial charge in [0.05, 0.1) is 20.9 Å². The van der Waals surface area contributed by atoms with Gasteiger partial charge in [0, 0.05) is 16.7 Å². The molecule has 0 spiro atoms. The Morgan fingerprint density at radius 2 is 2.00 bits per heavy atom. The van der Waals surface area contributed by atoms with Gasteiger partial charge in [-0.1, -0.05) is 49.2 Å². The fraction of sp³-hybridized carbons (Fsp3) is 0.158. The van der Waals surface area contributed by atoms with Gasteiger partial charge in [-0.3, -0.25) is 14.9 Å². The number of nitrogens with zero attached hydrogens (tertiary/aromatic N) is 2. The Hall–Kier alpha value is -2.70. The first-order valence-electron chi connectivity index (χ1n) is 8.11. The average Bonchev–Trinajstić information content (AvgIpc) is 2.60. The Morgan fingerprint density at radius 1 is 1.26 bits per heavy atom. The lowest BCUT2D eigenvalue weighted by atomic mass is 9.99. The highest BCUT2D eigenvalue weighted by Gasteiger charge is 2.17. The van der Waals surface area contributed by atoms with Gasteiger partial charge >= 0.3 is 0 Å². The number of nitrogens with one attached hydrogen (secondary N) is 1. The number of nitro benzene ring substituents is 1. The maximum atomic E-state index is 12.2. The van der Waals surface area contributed by atoms with Crippen molar-refractivity contribution in [1.82, 2.24) is 9.97 Å². The lowest BCUT2D eigenvalue weighted by Crippen LogP contribution is -2.10. The van der Waals surface area contributed by atoms with Crippen molar-refractivity contribution in [2.45, 2.75) is 19.8 Å². The quantitative estimate of drug-likeness (QED) is 0.469. The van der Waals surface area contributed by atoms with E-state index < -0.39 is 4.92 Å². The van der Waals surface area contributed by atoms with Crippen LogP contribution in [0.1, 0.15) is 36.7 Å². The molecule has 3 aromatic rings. The molecule has 2 aromatic carbocycles. The summed E-state index contributed by atoms with van der Waals surface area (Å²) < 4.78 is 0. The van der Waals surface area contributed by atoms with E-state index in [9.17, 15) is 14.9 Å². The molecule has 0 aliphatic rings. The van der Waals surface area contributed by atoms with Crippen LogP contribution in [0.4, 0.5) is 5.69 Å². The summed E-state index contributed by atoms with van der Waals surface area (Å²) in [6, 6.07) is 9.65. The monoisotopic (exact) mass is 403 g/mol. The van der Waals surface area contributed by atoms with Crippen LogP contribution in [-0.4, -0.2) is 14.9 Å². The van der Waals surface area contributed by atoms with Gasteiger partial charge in [0.2, 0.25) is 0 Å². The van der Waals surface area contributed by atoms with Crippen LogP contribution in [0.15, 0.2) is 41.2 Å². The maximum Gasteiger partial charge on any atom is 0.273 e. The highest BCUT2D eigenvalue weighted by molar-refractivity contribution is 6.50. The second-order valence-corrected chi connectivity index (χ2v) is 7.14. The van der Waals surface area contributed by atoms with Gasteiger partial charge in [-0.05, 0) is 35.8 Å². The maximum absolute atomic E-state index is 12.2. The van der Waals surface area contributed by atoms with Crippen LogP contribution in [0, 0.1) is 10.1 Å². The first kappa shape index (κ1) is 19.1. The highest BCUT2D eigenvalue weighted by atomic mass is 35.5. The molecule has 3 rings (SSSR count). The van der Waals surface area contributed by atoms with Crippen molar-refractivity contribution in [3.63, 3.8) is 0 Å². The number of nitro groups is 1. The summed E-state index contributed by atoms with van der Waals surface area (Å²) >= 11 is 12.3. The molecule has 0 bridgehead atoms. The predicted octanol–water partition coefficient (Wildman–Crippen LogP) is 5.35. The number of aromatic nitrogens is 2. The van der Waals surface area contributed by atoms with Crippen LogP contribution in [0.5, 0.6) is 0 Å². The number of fused-ring (bicyclic) bond motifs is 1. The van der Waals surface area contributed by atoms with Gasteiger partial charge in [-0.15, -0.1) is 0 Å². The van der Waals surface area contributed by atoms with Crippen LogP contribution in [0.25, 0.3) is 22.0 Å². The number of aromatic amines is 1. The molecular formula is C19H15Cl2N3O3. The van der Waals surface area contributed by atoms with Crippen molar-refractivity contribution in [1.29, 1.82) is 0 Å². The molecule has 0 saturated carbocycles. The van der Waals surface area contributed by atoms with Gasteiger partial charge in [0.15, 0.2) is 5.82 Å². The normalized spacial score (nSPS) is 12.0. The summed E-state index contributed by atoms with van der Waals surface area (Å²) in [4.78, 5) is 30.1. The number of hydrogen-bond acceptors (Lipinski definition) is 4. The van der Waals surface area contributed by atoms with Crippen molar-refractivity contribution in [2.75, 3.05) is 0 Å². The van der Waals surface area contributed by atoms with E-state index >= 15 is 0 Å². The van der Waals surface area contributed by atoms with Gasteiger partial charge in [-0.25, -0.2) is 4.98 Å². The zero-order valence-corrected chi connectivity index (χ0v) is 16.0. The fourth-order valence-corrected chi connectivity index (χ4v) is 3.12. The molecule has 0 radical (unpaired) electrons.